The van der Waals surface area contributed by atoms with E-state index < -0.39 is 0 Å². The van der Waals surface area contributed by atoms with Gasteiger partial charge in [-0.2, -0.15) is 5.10 Å². The van der Waals surface area contributed by atoms with Gasteiger partial charge in [0.05, 0.1) is 0 Å². The number of nitrogens with zero attached hydrogens (tertiary/aromatic N) is 3. The maximum Gasteiger partial charge on any atom is 0.274 e. The minimum absolute atomic E-state index is 0.00430. The number of amides is 1. The standard InChI is InChI=1S/C18H27N3O2/c1-2-3-13-21-17(22)11-10-15(19-21)18(23)20-12-6-9-16(20)14-7-4-5-8-14/h10-11,14,16H,2-9,12-13H2,1H3. The van der Waals surface area contributed by atoms with E-state index >= 15 is 0 Å². The van der Waals surface area contributed by atoms with Gasteiger partial charge in [0.15, 0.2) is 0 Å². The molecule has 1 amide bonds. The van der Waals surface area contributed by atoms with E-state index in [0.29, 0.717) is 24.2 Å². The lowest BCUT2D eigenvalue weighted by Gasteiger charge is -2.29. The van der Waals surface area contributed by atoms with Crippen LogP contribution in [-0.2, 0) is 6.54 Å². The summed E-state index contributed by atoms with van der Waals surface area (Å²) in [5.74, 6) is 0.664. The third-order valence-electron chi connectivity index (χ3n) is 5.31. The normalized spacial score (nSPS) is 22.0. The third kappa shape index (κ3) is 3.48. The van der Waals surface area contributed by atoms with Crippen LogP contribution in [0.2, 0.25) is 0 Å². The summed E-state index contributed by atoms with van der Waals surface area (Å²) in [6.45, 7) is 3.49. The Hall–Kier alpha value is -1.65. The molecule has 1 saturated heterocycles. The minimum Gasteiger partial charge on any atom is -0.334 e. The van der Waals surface area contributed by atoms with Crippen molar-refractivity contribution in [1.82, 2.24) is 14.7 Å². The summed E-state index contributed by atoms with van der Waals surface area (Å²) in [7, 11) is 0. The third-order valence-corrected chi connectivity index (χ3v) is 5.31. The van der Waals surface area contributed by atoms with Gasteiger partial charge in [-0.3, -0.25) is 9.59 Å². The first kappa shape index (κ1) is 16.2. The maximum absolute atomic E-state index is 12.9. The summed E-state index contributed by atoms with van der Waals surface area (Å²) in [5.41, 5.74) is 0.300. The number of aryl methyl sites for hydroxylation is 1. The molecule has 0 radical (unpaired) electrons. The number of likely N-dealkylation sites (tertiary alicyclic amines) is 1. The number of aromatic nitrogens is 2. The largest absolute Gasteiger partial charge is 0.334 e. The molecular formula is C18H27N3O2. The number of rotatable bonds is 5. The van der Waals surface area contributed by atoms with Crippen molar-refractivity contribution in [3.05, 3.63) is 28.2 Å². The lowest BCUT2D eigenvalue weighted by atomic mass is 9.96. The molecule has 0 spiro atoms. The number of hydrogen-bond donors (Lipinski definition) is 0. The molecular weight excluding hydrogens is 290 g/mol. The van der Waals surface area contributed by atoms with Crippen LogP contribution in [0.4, 0.5) is 0 Å². The molecule has 1 unspecified atom stereocenters. The molecule has 1 saturated carbocycles. The molecule has 2 fully saturated rings. The highest BCUT2D eigenvalue weighted by Crippen LogP contribution is 2.35. The van der Waals surface area contributed by atoms with Crippen LogP contribution >= 0.6 is 0 Å². The molecule has 5 nitrogen and oxygen atoms in total. The zero-order valence-corrected chi connectivity index (χ0v) is 14.0. The highest BCUT2D eigenvalue weighted by molar-refractivity contribution is 5.92. The zero-order valence-electron chi connectivity index (χ0n) is 14.0. The van der Waals surface area contributed by atoms with Crippen molar-refractivity contribution < 1.29 is 4.79 Å². The van der Waals surface area contributed by atoms with Gasteiger partial charge in [0, 0.05) is 25.2 Å². The number of hydrogen-bond acceptors (Lipinski definition) is 3. The van der Waals surface area contributed by atoms with Crippen LogP contribution in [-0.4, -0.2) is 33.2 Å². The molecule has 0 aromatic carbocycles. The molecule has 1 aromatic heterocycles. The van der Waals surface area contributed by atoms with Crippen LogP contribution < -0.4 is 5.56 Å². The summed E-state index contributed by atoms with van der Waals surface area (Å²) in [4.78, 5) is 26.8. The van der Waals surface area contributed by atoms with Crippen LogP contribution in [0.5, 0.6) is 0 Å². The molecule has 126 valence electrons. The number of carbonyl (C=O) groups is 1. The van der Waals surface area contributed by atoms with Crippen LogP contribution in [0.25, 0.3) is 0 Å². The molecule has 2 heterocycles. The van der Waals surface area contributed by atoms with Gasteiger partial charge in [0.25, 0.3) is 11.5 Å². The Morgan fingerprint density at radius 2 is 2.00 bits per heavy atom. The first-order valence-electron chi connectivity index (χ1n) is 9.10. The van der Waals surface area contributed by atoms with Crippen molar-refractivity contribution in [2.75, 3.05) is 6.54 Å². The fraction of sp³-hybridized carbons (Fsp3) is 0.722. The van der Waals surface area contributed by atoms with Crippen molar-refractivity contribution >= 4 is 5.91 Å². The summed E-state index contributed by atoms with van der Waals surface area (Å²) in [5, 5.41) is 4.33. The molecule has 3 rings (SSSR count). The first-order chi connectivity index (χ1) is 11.2. The topological polar surface area (TPSA) is 55.2 Å². The highest BCUT2D eigenvalue weighted by atomic mass is 16.2. The van der Waals surface area contributed by atoms with Gasteiger partial charge in [-0.1, -0.05) is 26.2 Å². The highest BCUT2D eigenvalue weighted by Gasteiger charge is 2.36. The second-order valence-electron chi connectivity index (χ2n) is 6.89. The second kappa shape index (κ2) is 7.28. The average molecular weight is 317 g/mol. The Bertz CT molecular complexity index is 605. The van der Waals surface area contributed by atoms with Gasteiger partial charge in [0.2, 0.25) is 0 Å². The fourth-order valence-electron chi connectivity index (χ4n) is 4.06. The number of unbranched alkanes of at least 4 members (excludes halogenated alkanes) is 1. The smallest absolute Gasteiger partial charge is 0.274 e. The van der Waals surface area contributed by atoms with Crippen LogP contribution in [0, 0.1) is 5.92 Å². The Balaban J connectivity index is 1.77. The van der Waals surface area contributed by atoms with Crippen molar-refractivity contribution in [3.63, 3.8) is 0 Å². The van der Waals surface area contributed by atoms with E-state index in [0.717, 1.165) is 32.2 Å². The van der Waals surface area contributed by atoms with Gasteiger partial charge in [-0.05, 0) is 44.1 Å². The van der Waals surface area contributed by atoms with Crippen LogP contribution in [0.1, 0.15) is 68.8 Å². The average Bonchev–Trinajstić information content (AvgIpc) is 3.24. The van der Waals surface area contributed by atoms with E-state index in [2.05, 4.69) is 12.0 Å². The van der Waals surface area contributed by atoms with Gasteiger partial charge in [-0.15, -0.1) is 0 Å². The maximum atomic E-state index is 12.9. The summed E-state index contributed by atoms with van der Waals surface area (Å²) in [6, 6.07) is 3.45. The lowest BCUT2D eigenvalue weighted by Crippen LogP contribution is -2.40. The van der Waals surface area contributed by atoms with Gasteiger partial charge < -0.3 is 4.90 Å². The van der Waals surface area contributed by atoms with Crippen molar-refractivity contribution in [1.29, 1.82) is 0 Å². The van der Waals surface area contributed by atoms with Crippen LogP contribution in [0.15, 0.2) is 16.9 Å². The quantitative estimate of drug-likeness (QED) is 0.839. The molecule has 1 atom stereocenters. The molecule has 1 aromatic rings. The van der Waals surface area contributed by atoms with E-state index in [1.54, 1.807) is 6.07 Å². The van der Waals surface area contributed by atoms with Gasteiger partial charge >= 0.3 is 0 Å². The lowest BCUT2D eigenvalue weighted by molar-refractivity contribution is 0.0680. The van der Waals surface area contributed by atoms with Gasteiger partial charge in [-0.25, -0.2) is 4.68 Å². The number of carbonyl (C=O) groups excluding carboxylic acids is 1. The molecule has 1 aliphatic heterocycles. The summed E-state index contributed by atoms with van der Waals surface area (Å²) < 4.78 is 1.44. The van der Waals surface area contributed by atoms with Crippen molar-refractivity contribution in [2.45, 2.75) is 70.9 Å². The van der Waals surface area contributed by atoms with E-state index in [4.69, 9.17) is 0 Å². The van der Waals surface area contributed by atoms with Gasteiger partial charge in [0.1, 0.15) is 5.69 Å². The summed E-state index contributed by atoms with van der Waals surface area (Å²) >= 11 is 0. The molecule has 5 heteroatoms. The monoisotopic (exact) mass is 317 g/mol. The van der Waals surface area contributed by atoms with Crippen molar-refractivity contribution in [2.24, 2.45) is 5.92 Å². The van der Waals surface area contributed by atoms with E-state index in [9.17, 15) is 9.59 Å². The fourth-order valence-corrected chi connectivity index (χ4v) is 4.06. The second-order valence-corrected chi connectivity index (χ2v) is 6.89. The molecule has 1 aliphatic carbocycles. The van der Waals surface area contributed by atoms with Crippen LogP contribution in [0.3, 0.4) is 0 Å². The Morgan fingerprint density at radius 3 is 2.74 bits per heavy atom. The summed E-state index contributed by atoms with van der Waals surface area (Å²) in [6.07, 6.45) is 9.19. The zero-order chi connectivity index (χ0) is 16.2. The molecule has 0 N–H and O–H groups in total. The SMILES string of the molecule is CCCCn1nc(C(=O)N2CCCC2C2CCCC2)ccc1=O. The molecule has 23 heavy (non-hydrogen) atoms. The van der Waals surface area contributed by atoms with E-state index in [1.807, 2.05) is 4.90 Å². The van der Waals surface area contributed by atoms with E-state index in [1.165, 1.54) is 36.4 Å². The van der Waals surface area contributed by atoms with Crippen molar-refractivity contribution in [3.8, 4) is 0 Å². The van der Waals surface area contributed by atoms with E-state index in [-0.39, 0.29) is 11.5 Å². The molecule has 0 bridgehead atoms. The Kier molecular flexibility index (Phi) is 5.13. The molecule has 2 aliphatic rings. The Morgan fingerprint density at radius 1 is 1.22 bits per heavy atom. The predicted octanol–water partition coefficient (Wildman–Crippen LogP) is 2.84. The predicted molar refractivity (Wildman–Crippen MR) is 89.4 cm³/mol. The minimum atomic E-state index is -0.122. The Labute approximate surface area is 137 Å². The first-order valence-corrected chi connectivity index (χ1v) is 9.10.